The van der Waals surface area contributed by atoms with E-state index >= 15 is 0 Å². The quantitative estimate of drug-likeness (QED) is 0.236. The molecule has 0 amide bonds. The summed E-state index contributed by atoms with van der Waals surface area (Å²) in [6.45, 7) is 0. The lowest BCUT2D eigenvalue weighted by atomic mass is 9.65. The van der Waals surface area contributed by atoms with Crippen molar-refractivity contribution in [2.24, 2.45) is 10.9 Å². The van der Waals surface area contributed by atoms with Crippen LogP contribution >= 0.6 is 0 Å². The minimum Gasteiger partial charge on any atom is -0.350 e. The Morgan fingerprint density at radius 2 is 1.23 bits per heavy atom. The van der Waals surface area contributed by atoms with Gasteiger partial charge in [-0.05, 0) is 44.5 Å². The normalized spacial score (nSPS) is 23.6. The van der Waals surface area contributed by atoms with Crippen molar-refractivity contribution in [1.29, 1.82) is 0 Å². The third-order valence-corrected chi connectivity index (χ3v) is 9.85. The summed E-state index contributed by atoms with van der Waals surface area (Å²) in [5.41, 5.74) is 11.6. The van der Waals surface area contributed by atoms with Crippen LogP contribution in [0.4, 0.5) is 0 Å². The minimum atomic E-state index is -0.248. The topological polar surface area (TPSA) is 36.4 Å². The smallest absolute Gasteiger partial charge is 0.131 e. The Balaban J connectivity index is 1.25. The Hall–Kier alpha value is -4.99. The molecule has 206 valence electrons. The zero-order chi connectivity index (χ0) is 28.4. The fourth-order valence-corrected chi connectivity index (χ4v) is 8.08. The zero-order valence-electron chi connectivity index (χ0n) is 23.7. The molecule has 43 heavy (non-hydrogen) atoms. The van der Waals surface area contributed by atoms with E-state index in [1.165, 1.54) is 44.5 Å². The maximum atomic E-state index is 5.28. The van der Waals surface area contributed by atoms with E-state index < -0.39 is 0 Å². The Labute approximate surface area is 252 Å². The second-order valence-corrected chi connectivity index (χ2v) is 12.0. The lowest BCUT2D eigenvalue weighted by Crippen LogP contribution is -2.45. The summed E-state index contributed by atoms with van der Waals surface area (Å²) in [5, 5.41) is 7.50. The molecule has 3 aliphatic carbocycles. The van der Waals surface area contributed by atoms with E-state index in [2.05, 4.69) is 162 Å². The number of benzene rings is 5. The molecule has 1 spiro atoms. The molecule has 1 heterocycles. The van der Waals surface area contributed by atoms with Gasteiger partial charge in [-0.3, -0.25) is 5.32 Å². The standard InChI is InChI=1S/C40H31N3/c1-3-13-26(14-4-1)37-41-38(27-15-5-2-6-16-27)43-39(42-37)28-23-24-32-31-19-9-12-22-35(31)40(36(32)25-28)33-20-10-7-17-29(33)30-18-8-11-21-34(30)40/h1-25,31,35,37,39,42H,(H,41,43). The molecule has 9 rings (SSSR count). The number of hydrogen-bond donors (Lipinski definition) is 2. The molecule has 0 saturated carbocycles. The molecule has 5 aromatic carbocycles. The van der Waals surface area contributed by atoms with Gasteiger partial charge in [-0.1, -0.05) is 152 Å². The molecule has 0 fully saturated rings. The molecule has 0 aromatic heterocycles. The van der Waals surface area contributed by atoms with Crippen LogP contribution in [-0.4, -0.2) is 5.84 Å². The number of allylic oxidation sites excluding steroid dienone is 4. The lowest BCUT2D eigenvalue weighted by molar-refractivity contribution is 0.408. The van der Waals surface area contributed by atoms with E-state index in [1.807, 2.05) is 0 Å². The number of nitrogens with zero attached hydrogens (tertiary/aromatic N) is 1. The molecule has 0 radical (unpaired) electrons. The number of aliphatic imine (C=N–C) groups is 1. The Morgan fingerprint density at radius 1 is 0.581 bits per heavy atom. The number of nitrogens with one attached hydrogen (secondary N) is 2. The van der Waals surface area contributed by atoms with Gasteiger partial charge in [-0.15, -0.1) is 0 Å². The van der Waals surface area contributed by atoms with Crippen LogP contribution in [0.1, 0.15) is 57.2 Å². The van der Waals surface area contributed by atoms with Gasteiger partial charge in [-0.2, -0.15) is 0 Å². The highest BCUT2D eigenvalue weighted by Crippen LogP contribution is 2.65. The Morgan fingerprint density at radius 3 is 1.98 bits per heavy atom. The summed E-state index contributed by atoms with van der Waals surface area (Å²) in [6.07, 6.45) is 9.05. The molecule has 4 unspecified atom stereocenters. The summed E-state index contributed by atoms with van der Waals surface area (Å²) in [5.74, 6) is 1.55. The van der Waals surface area contributed by atoms with Crippen molar-refractivity contribution in [3.8, 4) is 11.1 Å². The largest absolute Gasteiger partial charge is 0.350 e. The fourth-order valence-electron chi connectivity index (χ4n) is 8.08. The van der Waals surface area contributed by atoms with Gasteiger partial charge in [0.15, 0.2) is 0 Å². The third-order valence-electron chi connectivity index (χ3n) is 9.85. The molecule has 2 N–H and O–H groups in total. The van der Waals surface area contributed by atoms with E-state index in [0.717, 1.165) is 11.4 Å². The second kappa shape index (κ2) is 9.52. The van der Waals surface area contributed by atoms with E-state index in [0.29, 0.717) is 11.8 Å². The first-order chi connectivity index (χ1) is 21.3. The summed E-state index contributed by atoms with van der Waals surface area (Å²) in [6, 6.07) is 46.3. The molecule has 4 aliphatic rings. The SMILES string of the molecule is C1=CC2c3ccc(C4N=C(c5ccccc5)NC(c5ccccc5)N4)cc3C3(c4ccccc4-c4ccccc43)C2C=C1. The third kappa shape index (κ3) is 3.55. The van der Waals surface area contributed by atoms with Crippen molar-refractivity contribution < 1.29 is 0 Å². The van der Waals surface area contributed by atoms with Crippen LogP contribution in [0, 0.1) is 5.92 Å². The molecule has 0 bridgehead atoms. The molecular weight excluding hydrogens is 522 g/mol. The van der Waals surface area contributed by atoms with Gasteiger partial charge in [0.2, 0.25) is 0 Å². The molecule has 3 heteroatoms. The number of rotatable bonds is 3. The average molecular weight is 554 g/mol. The number of hydrogen-bond acceptors (Lipinski definition) is 3. The summed E-state index contributed by atoms with van der Waals surface area (Å²) >= 11 is 0. The monoisotopic (exact) mass is 553 g/mol. The summed E-state index contributed by atoms with van der Waals surface area (Å²) in [7, 11) is 0. The van der Waals surface area contributed by atoms with Crippen LogP contribution in [0.3, 0.4) is 0 Å². The van der Waals surface area contributed by atoms with Gasteiger partial charge in [-0.25, -0.2) is 4.99 Å². The van der Waals surface area contributed by atoms with Gasteiger partial charge < -0.3 is 5.32 Å². The molecular formula is C40H31N3. The highest BCUT2D eigenvalue weighted by Gasteiger charge is 2.57. The molecule has 5 aromatic rings. The van der Waals surface area contributed by atoms with Crippen molar-refractivity contribution >= 4 is 5.84 Å². The van der Waals surface area contributed by atoms with Gasteiger partial charge in [0.1, 0.15) is 18.2 Å². The lowest BCUT2D eigenvalue weighted by Gasteiger charge is -2.36. The van der Waals surface area contributed by atoms with Gasteiger partial charge in [0.25, 0.3) is 0 Å². The number of fused-ring (bicyclic) bond motifs is 10. The van der Waals surface area contributed by atoms with Crippen LogP contribution in [0.5, 0.6) is 0 Å². The Bertz CT molecular complexity index is 1910. The van der Waals surface area contributed by atoms with Crippen molar-refractivity contribution in [3.63, 3.8) is 0 Å². The minimum absolute atomic E-state index is 0.0671. The van der Waals surface area contributed by atoms with E-state index in [4.69, 9.17) is 4.99 Å². The predicted octanol–water partition coefficient (Wildman–Crippen LogP) is 8.18. The van der Waals surface area contributed by atoms with Crippen LogP contribution in [0.15, 0.2) is 157 Å². The Kier molecular flexibility index (Phi) is 5.44. The molecule has 0 saturated heterocycles. The first-order valence-corrected chi connectivity index (χ1v) is 15.2. The van der Waals surface area contributed by atoms with E-state index in [1.54, 1.807) is 0 Å². The summed E-state index contributed by atoms with van der Waals surface area (Å²) in [4.78, 5) is 5.28. The van der Waals surface area contributed by atoms with Crippen LogP contribution in [0.25, 0.3) is 11.1 Å². The first kappa shape index (κ1) is 24.6. The molecule has 1 aliphatic heterocycles. The first-order valence-electron chi connectivity index (χ1n) is 15.2. The second-order valence-electron chi connectivity index (χ2n) is 12.0. The maximum Gasteiger partial charge on any atom is 0.131 e. The predicted molar refractivity (Wildman–Crippen MR) is 174 cm³/mol. The van der Waals surface area contributed by atoms with Crippen molar-refractivity contribution in [1.82, 2.24) is 10.6 Å². The van der Waals surface area contributed by atoms with E-state index in [-0.39, 0.29) is 17.7 Å². The zero-order valence-corrected chi connectivity index (χ0v) is 23.7. The molecule has 4 atom stereocenters. The van der Waals surface area contributed by atoms with Gasteiger partial charge in [0.05, 0.1) is 5.41 Å². The van der Waals surface area contributed by atoms with Gasteiger partial charge in [0, 0.05) is 17.4 Å². The van der Waals surface area contributed by atoms with Crippen LogP contribution in [-0.2, 0) is 5.41 Å². The van der Waals surface area contributed by atoms with Crippen molar-refractivity contribution in [2.45, 2.75) is 23.7 Å². The van der Waals surface area contributed by atoms with E-state index in [9.17, 15) is 0 Å². The van der Waals surface area contributed by atoms with Crippen LogP contribution < -0.4 is 10.6 Å². The van der Waals surface area contributed by atoms with Crippen molar-refractivity contribution in [2.75, 3.05) is 0 Å². The van der Waals surface area contributed by atoms with Crippen molar-refractivity contribution in [3.05, 3.63) is 191 Å². The molecule has 3 nitrogen and oxygen atoms in total. The number of amidine groups is 1. The summed E-state index contributed by atoms with van der Waals surface area (Å²) < 4.78 is 0. The average Bonchev–Trinajstić information content (AvgIpc) is 3.56. The fraction of sp³-hybridized carbons (Fsp3) is 0.125. The maximum absolute atomic E-state index is 5.28. The highest BCUT2D eigenvalue weighted by molar-refractivity contribution is 5.99. The van der Waals surface area contributed by atoms with Crippen LogP contribution in [0.2, 0.25) is 0 Å². The van der Waals surface area contributed by atoms with Gasteiger partial charge >= 0.3 is 0 Å². The highest BCUT2D eigenvalue weighted by atomic mass is 15.3.